The van der Waals surface area contributed by atoms with Crippen LogP contribution in [0.5, 0.6) is 0 Å². The Labute approximate surface area is 178 Å². The molecule has 0 radical (unpaired) electrons. The third-order valence-electron chi connectivity index (χ3n) is 5.44. The quantitative estimate of drug-likeness (QED) is 0.596. The Balaban J connectivity index is 1.80. The smallest absolute Gasteiger partial charge is 0.271 e. The van der Waals surface area contributed by atoms with Gasteiger partial charge >= 0.3 is 0 Å². The molecule has 0 amide bonds. The topological polar surface area (TPSA) is 101 Å². The highest BCUT2D eigenvalue weighted by Crippen LogP contribution is 2.32. The second-order valence-electron chi connectivity index (χ2n) is 7.60. The summed E-state index contributed by atoms with van der Waals surface area (Å²) >= 11 is 6.15. The summed E-state index contributed by atoms with van der Waals surface area (Å²) in [7, 11) is -3.18. The van der Waals surface area contributed by atoms with E-state index in [1.165, 1.54) is 19.2 Å². The molecule has 0 spiro atoms. The number of aromatic nitrogens is 3. The molecule has 0 saturated heterocycles. The van der Waals surface area contributed by atoms with E-state index in [9.17, 15) is 13.4 Å². The molecule has 1 fully saturated rings. The van der Waals surface area contributed by atoms with Crippen LogP contribution < -0.4 is 10.9 Å². The van der Waals surface area contributed by atoms with Gasteiger partial charge in [0.1, 0.15) is 16.5 Å². The minimum absolute atomic E-state index is 0.0367. The van der Waals surface area contributed by atoms with Crippen LogP contribution in [0.3, 0.4) is 0 Å². The molecule has 1 aliphatic rings. The molecular formula is C20H21ClFN5O2S. The van der Waals surface area contributed by atoms with Crippen molar-refractivity contribution in [3.05, 3.63) is 51.2 Å². The van der Waals surface area contributed by atoms with Crippen molar-refractivity contribution in [1.82, 2.24) is 14.5 Å². The van der Waals surface area contributed by atoms with E-state index in [1.54, 1.807) is 22.9 Å². The van der Waals surface area contributed by atoms with Crippen molar-refractivity contribution in [2.75, 3.05) is 11.6 Å². The molecule has 158 valence electrons. The van der Waals surface area contributed by atoms with E-state index in [4.69, 9.17) is 16.4 Å². The fourth-order valence-corrected chi connectivity index (χ4v) is 4.90. The first-order chi connectivity index (χ1) is 14.2. The van der Waals surface area contributed by atoms with Crippen LogP contribution >= 0.6 is 11.6 Å². The van der Waals surface area contributed by atoms with Crippen molar-refractivity contribution in [3.8, 4) is 0 Å². The monoisotopic (exact) mass is 449 g/mol. The fourth-order valence-electron chi connectivity index (χ4n) is 3.86. The van der Waals surface area contributed by atoms with Gasteiger partial charge in [0.05, 0.1) is 14.6 Å². The second-order valence-corrected chi connectivity index (χ2v) is 10.1. The van der Waals surface area contributed by atoms with Crippen molar-refractivity contribution in [3.63, 3.8) is 0 Å². The summed E-state index contributed by atoms with van der Waals surface area (Å²) in [6, 6.07) is 4.47. The highest BCUT2D eigenvalue weighted by molar-refractivity contribution is 7.91. The van der Waals surface area contributed by atoms with E-state index in [1.807, 2.05) is 0 Å². The lowest BCUT2D eigenvalue weighted by molar-refractivity contribution is 0.516. The first-order valence-electron chi connectivity index (χ1n) is 9.54. The van der Waals surface area contributed by atoms with E-state index in [2.05, 4.69) is 15.3 Å². The molecule has 1 aliphatic carbocycles. The Morgan fingerprint density at radius 3 is 2.70 bits per heavy atom. The Bertz CT molecular complexity index is 1320. The average Bonchev–Trinajstić information content (AvgIpc) is 3.20. The number of hydrogen-bond donors (Lipinski definition) is 2. The summed E-state index contributed by atoms with van der Waals surface area (Å²) in [6.07, 6.45) is 6.61. The van der Waals surface area contributed by atoms with E-state index in [0.29, 0.717) is 16.7 Å². The van der Waals surface area contributed by atoms with Gasteiger partial charge in [-0.05, 0) is 38.0 Å². The number of benzene rings is 1. The van der Waals surface area contributed by atoms with Gasteiger partial charge in [0.15, 0.2) is 0 Å². The fraction of sp³-hybridized carbons (Fsp3) is 0.350. The van der Waals surface area contributed by atoms with E-state index in [-0.39, 0.29) is 33.0 Å². The minimum Gasteiger partial charge on any atom is -0.324 e. The number of nitrogens with one attached hydrogen (secondary N) is 2. The number of halogens is 2. The number of fused-ring (bicyclic) bond motifs is 1. The van der Waals surface area contributed by atoms with Crippen molar-refractivity contribution in [1.29, 1.82) is 4.78 Å². The lowest BCUT2D eigenvalue weighted by Crippen LogP contribution is -2.25. The maximum absolute atomic E-state index is 14.6. The van der Waals surface area contributed by atoms with E-state index in [0.717, 1.165) is 25.7 Å². The van der Waals surface area contributed by atoms with Crippen LogP contribution in [0.25, 0.3) is 11.0 Å². The van der Waals surface area contributed by atoms with Crippen molar-refractivity contribution in [2.45, 2.75) is 43.5 Å². The van der Waals surface area contributed by atoms with Gasteiger partial charge in [-0.15, -0.1) is 0 Å². The molecule has 1 aromatic carbocycles. The van der Waals surface area contributed by atoms with Gasteiger partial charge in [0.2, 0.25) is 5.95 Å². The SMILES string of the molecule is Cc1c(Nc2ncc3cc(Cl)c(=O)n(C4CCCC4)c3n2)ccc(S(C)(=N)=O)c1F. The van der Waals surface area contributed by atoms with Crippen LogP contribution in [0.1, 0.15) is 37.3 Å². The Kier molecular flexibility index (Phi) is 5.27. The molecule has 4 rings (SSSR count). The second kappa shape index (κ2) is 7.63. The third kappa shape index (κ3) is 3.67. The average molecular weight is 450 g/mol. The summed E-state index contributed by atoms with van der Waals surface area (Å²) in [4.78, 5) is 21.4. The van der Waals surface area contributed by atoms with Crippen molar-refractivity contribution >= 4 is 44.0 Å². The van der Waals surface area contributed by atoms with Gasteiger partial charge in [0, 0.05) is 35.1 Å². The number of anilines is 2. The molecule has 2 aromatic heterocycles. The minimum atomic E-state index is -3.18. The summed E-state index contributed by atoms with van der Waals surface area (Å²) in [5, 5.41) is 3.75. The van der Waals surface area contributed by atoms with Gasteiger partial charge in [-0.25, -0.2) is 18.4 Å². The molecule has 0 aliphatic heterocycles. The molecule has 2 heterocycles. The predicted octanol–water partition coefficient (Wildman–Crippen LogP) is 4.79. The van der Waals surface area contributed by atoms with Gasteiger partial charge in [0.25, 0.3) is 5.56 Å². The molecule has 1 saturated carbocycles. The maximum atomic E-state index is 14.6. The van der Waals surface area contributed by atoms with E-state index >= 15 is 0 Å². The third-order valence-corrected chi connectivity index (χ3v) is 6.86. The normalized spacial score (nSPS) is 16.7. The van der Waals surface area contributed by atoms with Crippen LogP contribution in [0, 0.1) is 17.5 Å². The molecular weight excluding hydrogens is 429 g/mol. The van der Waals surface area contributed by atoms with Gasteiger partial charge < -0.3 is 5.32 Å². The summed E-state index contributed by atoms with van der Waals surface area (Å²) in [6.45, 7) is 1.53. The standard InChI is InChI=1S/C20H21ClFN5O2S/c1-11-15(7-8-16(17(11)22)30(2,23)29)25-20-24-10-12-9-14(21)19(28)27(18(12)26-20)13-5-3-4-6-13/h7-10,13,23H,3-6H2,1-2H3,(H,24,25,26). The van der Waals surface area contributed by atoms with Crippen LogP contribution in [-0.2, 0) is 9.73 Å². The number of nitrogens with zero attached hydrogens (tertiary/aromatic N) is 3. The molecule has 10 heteroatoms. The highest BCUT2D eigenvalue weighted by atomic mass is 35.5. The van der Waals surface area contributed by atoms with E-state index < -0.39 is 15.5 Å². The maximum Gasteiger partial charge on any atom is 0.271 e. The largest absolute Gasteiger partial charge is 0.324 e. The zero-order chi connectivity index (χ0) is 21.6. The molecule has 2 N–H and O–H groups in total. The van der Waals surface area contributed by atoms with Gasteiger partial charge in [-0.1, -0.05) is 24.4 Å². The Morgan fingerprint density at radius 1 is 1.33 bits per heavy atom. The molecule has 0 bridgehead atoms. The summed E-state index contributed by atoms with van der Waals surface area (Å²) in [5.74, 6) is -0.493. The predicted molar refractivity (Wildman–Crippen MR) is 116 cm³/mol. The van der Waals surface area contributed by atoms with Crippen LogP contribution in [0.2, 0.25) is 5.02 Å². The zero-order valence-corrected chi connectivity index (χ0v) is 18.1. The van der Waals surface area contributed by atoms with Gasteiger partial charge in [-0.2, -0.15) is 4.98 Å². The van der Waals surface area contributed by atoms with Crippen LogP contribution in [0.15, 0.2) is 34.1 Å². The zero-order valence-electron chi connectivity index (χ0n) is 16.5. The number of rotatable bonds is 4. The van der Waals surface area contributed by atoms with Gasteiger partial charge in [-0.3, -0.25) is 9.36 Å². The lowest BCUT2D eigenvalue weighted by atomic mass is 10.2. The van der Waals surface area contributed by atoms with Crippen molar-refractivity contribution in [2.24, 2.45) is 0 Å². The highest BCUT2D eigenvalue weighted by Gasteiger charge is 2.22. The molecule has 1 atom stereocenters. The molecule has 7 nitrogen and oxygen atoms in total. The Hall–Kier alpha value is -2.52. The first-order valence-corrected chi connectivity index (χ1v) is 11.9. The molecule has 3 aromatic rings. The summed E-state index contributed by atoms with van der Waals surface area (Å²) < 4.78 is 35.9. The van der Waals surface area contributed by atoms with Crippen LogP contribution in [-0.4, -0.2) is 25.0 Å². The lowest BCUT2D eigenvalue weighted by Gasteiger charge is -2.17. The van der Waals surface area contributed by atoms with Crippen LogP contribution in [0.4, 0.5) is 16.0 Å². The molecule has 1 unspecified atom stereocenters. The van der Waals surface area contributed by atoms with Crippen molar-refractivity contribution < 1.29 is 8.60 Å². The Morgan fingerprint density at radius 2 is 2.03 bits per heavy atom. The number of hydrogen-bond acceptors (Lipinski definition) is 6. The summed E-state index contributed by atoms with van der Waals surface area (Å²) in [5.41, 5.74) is 0.803. The number of pyridine rings is 1. The molecule has 30 heavy (non-hydrogen) atoms. The first kappa shape index (κ1) is 20.7.